The molecule has 2 nitrogen and oxygen atoms in total. The van der Waals surface area contributed by atoms with E-state index in [9.17, 15) is 18.0 Å². The molecule has 0 N–H and O–H groups in total. The van der Waals surface area contributed by atoms with Gasteiger partial charge < -0.3 is 4.90 Å². The molecule has 0 aliphatic heterocycles. The minimum Gasteiger partial charge on any atom is -0.335 e. The summed E-state index contributed by atoms with van der Waals surface area (Å²) >= 11 is 3.42. The van der Waals surface area contributed by atoms with E-state index in [1.54, 1.807) is 0 Å². The summed E-state index contributed by atoms with van der Waals surface area (Å²) in [4.78, 5) is 14.5. The zero-order chi connectivity index (χ0) is 18.0. The van der Waals surface area contributed by atoms with Crippen molar-refractivity contribution in [1.82, 2.24) is 4.90 Å². The van der Waals surface area contributed by atoms with Crippen molar-refractivity contribution in [3.8, 4) is 0 Å². The fourth-order valence-corrected chi connectivity index (χ4v) is 3.17. The number of amides is 1. The smallest absolute Gasteiger partial charge is 0.335 e. The van der Waals surface area contributed by atoms with Crippen LogP contribution in [0.4, 0.5) is 13.2 Å². The van der Waals surface area contributed by atoms with Gasteiger partial charge in [-0.3, -0.25) is 4.79 Å². The highest BCUT2D eigenvalue weighted by Crippen LogP contribution is 2.31. The van der Waals surface area contributed by atoms with Gasteiger partial charge in [-0.15, -0.1) is 0 Å². The van der Waals surface area contributed by atoms with Crippen molar-refractivity contribution in [1.29, 1.82) is 0 Å². The van der Waals surface area contributed by atoms with E-state index < -0.39 is 11.7 Å². The molecule has 0 radical (unpaired) electrons. The van der Waals surface area contributed by atoms with E-state index in [4.69, 9.17) is 0 Å². The average Bonchev–Trinajstić information content (AvgIpc) is 3.37. The van der Waals surface area contributed by atoms with E-state index in [2.05, 4.69) is 15.9 Å². The maximum Gasteiger partial charge on any atom is 0.416 e. The van der Waals surface area contributed by atoms with Gasteiger partial charge in [-0.25, -0.2) is 0 Å². The Morgan fingerprint density at radius 2 is 1.76 bits per heavy atom. The van der Waals surface area contributed by atoms with Crippen molar-refractivity contribution in [2.24, 2.45) is 0 Å². The molecule has 0 saturated heterocycles. The van der Waals surface area contributed by atoms with Crippen LogP contribution in [-0.4, -0.2) is 16.8 Å². The fourth-order valence-electron chi connectivity index (χ4n) is 2.73. The lowest BCUT2D eigenvalue weighted by Crippen LogP contribution is -2.33. The molecule has 6 heteroatoms. The number of rotatable bonds is 5. The second kappa shape index (κ2) is 7.20. The molecule has 25 heavy (non-hydrogen) atoms. The highest BCUT2D eigenvalue weighted by atomic mass is 79.9. The standard InChI is InChI=1S/C19H17BrF3NO/c20-16-3-1-2-14(10-16)12-24(17-8-9-17)18(25)11-13-4-6-15(7-5-13)19(21,22)23/h1-7,10,17H,8-9,11-12H2. The van der Waals surface area contributed by atoms with Gasteiger partial charge in [-0.1, -0.05) is 40.2 Å². The summed E-state index contributed by atoms with van der Waals surface area (Å²) in [6.45, 7) is 0.517. The number of nitrogens with zero attached hydrogens (tertiary/aromatic N) is 1. The topological polar surface area (TPSA) is 20.3 Å². The van der Waals surface area contributed by atoms with Crippen LogP contribution in [0.2, 0.25) is 0 Å². The molecule has 1 aliphatic carbocycles. The number of hydrogen-bond acceptors (Lipinski definition) is 1. The van der Waals surface area contributed by atoms with Crippen molar-refractivity contribution in [3.63, 3.8) is 0 Å². The van der Waals surface area contributed by atoms with Crippen molar-refractivity contribution < 1.29 is 18.0 Å². The summed E-state index contributed by atoms with van der Waals surface area (Å²) in [7, 11) is 0. The first-order valence-electron chi connectivity index (χ1n) is 8.03. The minimum absolute atomic E-state index is 0.0535. The first kappa shape index (κ1) is 18.0. The average molecular weight is 412 g/mol. The molecule has 2 aromatic carbocycles. The molecule has 132 valence electrons. The van der Waals surface area contributed by atoms with Crippen LogP contribution in [0.25, 0.3) is 0 Å². The van der Waals surface area contributed by atoms with Gasteiger partial charge in [0.05, 0.1) is 12.0 Å². The highest BCUT2D eigenvalue weighted by molar-refractivity contribution is 9.10. The van der Waals surface area contributed by atoms with E-state index in [0.717, 1.165) is 35.0 Å². The van der Waals surface area contributed by atoms with Gasteiger partial charge in [0.2, 0.25) is 5.91 Å². The van der Waals surface area contributed by atoms with E-state index in [1.165, 1.54) is 12.1 Å². The Hall–Kier alpha value is -1.82. The van der Waals surface area contributed by atoms with Crippen LogP contribution in [-0.2, 0) is 23.9 Å². The SMILES string of the molecule is O=C(Cc1ccc(C(F)(F)F)cc1)N(Cc1cccc(Br)c1)C1CC1. The van der Waals surface area contributed by atoms with Crippen LogP contribution in [0.1, 0.15) is 29.5 Å². The molecule has 1 saturated carbocycles. The summed E-state index contributed by atoms with van der Waals surface area (Å²) in [6.07, 6.45) is -2.29. The van der Waals surface area contributed by atoms with Gasteiger partial charge >= 0.3 is 6.18 Å². The first-order chi connectivity index (χ1) is 11.8. The molecule has 1 aliphatic rings. The van der Waals surface area contributed by atoms with Crippen molar-refractivity contribution in [3.05, 3.63) is 69.7 Å². The largest absolute Gasteiger partial charge is 0.416 e. The Balaban J connectivity index is 1.69. The third-order valence-corrected chi connectivity index (χ3v) is 4.68. The van der Waals surface area contributed by atoms with E-state index in [1.807, 2.05) is 29.2 Å². The Bertz CT molecular complexity index is 754. The molecular formula is C19H17BrF3NO. The van der Waals surface area contributed by atoms with Crippen molar-refractivity contribution >= 4 is 21.8 Å². The lowest BCUT2D eigenvalue weighted by Gasteiger charge is -2.23. The quantitative estimate of drug-likeness (QED) is 0.661. The van der Waals surface area contributed by atoms with Crippen LogP contribution in [0.5, 0.6) is 0 Å². The Kier molecular flexibility index (Phi) is 5.18. The summed E-state index contributed by atoms with van der Waals surface area (Å²) in [6, 6.07) is 12.8. The second-order valence-electron chi connectivity index (χ2n) is 6.25. The fraction of sp³-hybridized carbons (Fsp3) is 0.316. The van der Waals surface area contributed by atoms with Crippen LogP contribution in [0.15, 0.2) is 53.0 Å². The molecule has 0 unspecified atom stereocenters. The van der Waals surface area contributed by atoms with Gasteiger partial charge in [0.1, 0.15) is 0 Å². The molecule has 0 heterocycles. The number of carbonyl (C=O) groups is 1. The van der Waals surface area contributed by atoms with Crippen LogP contribution in [0.3, 0.4) is 0 Å². The molecule has 0 bridgehead atoms. The predicted molar refractivity (Wildman–Crippen MR) is 92.9 cm³/mol. The van der Waals surface area contributed by atoms with E-state index in [-0.39, 0.29) is 18.4 Å². The van der Waals surface area contributed by atoms with E-state index >= 15 is 0 Å². The molecule has 0 aromatic heterocycles. The van der Waals surface area contributed by atoms with E-state index in [0.29, 0.717) is 12.1 Å². The predicted octanol–water partition coefficient (Wildman–Crippen LogP) is 5.20. The lowest BCUT2D eigenvalue weighted by atomic mass is 10.1. The maximum absolute atomic E-state index is 12.7. The Morgan fingerprint density at radius 1 is 1.08 bits per heavy atom. The van der Waals surface area contributed by atoms with Crippen molar-refractivity contribution in [2.45, 2.75) is 38.0 Å². The molecule has 1 amide bonds. The summed E-state index contributed by atoms with van der Waals surface area (Å²) < 4.78 is 38.8. The maximum atomic E-state index is 12.7. The van der Waals surface area contributed by atoms with Gasteiger partial charge in [0.15, 0.2) is 0 Å². The minimum atomic E-state index is -4.36. The van der Waals surface area contributed by atoms with Gasteiger partial charge in [-0.2, -0.15) is 13.2 Å². The van der Waals surface area contributed by atoms with Gasteiger partial charge in [0.25, 0.3) is 0 Å². The van der Waals surface area contributed by atoms with Crippen LogP contribution >= 0.6 is 15.9 Å². The van der Waals surface area contributed by atoms with Crippen LogP contribution < -0.4 is 0 Å². The zero-order valence-electron chi connectivity index (χ0n) is 13.4. The normalized spacial score (nSPS) is 14.4. The number of halogens is 4. The van der Waals surface area contributed by atoms with Crippen molar-refractivity contribution in [2.75, 3.05) is 0 Å². The number of alkyl halides is 3. The lowest BCUT2D eigenvalue weighted by molar-refractivity contribution is -0.137. The molecule has 3 rings (SSSR count). The molecular weight excluding hydrogens is 395 g/mol. The Morgan fingerprint density at radius 3 is 2.32 bits per heavy atom. The monoisotopic (exact) mass is 411 g/mol. The van der Waals surface area contributed by atoms with Gasteiger partial charge in [-0.05, 0) is 48.2 Å². The zero-order valence-corrected chi connectivity index (χ0v) is 15.0. The van der Waals surface area contributed by atoms with Crippen LogP contribution in [0, 0.1) is 0 Å². The summed E-state index contributed by atoms with van der Waals surface area (Å²) in [5.74, 6) is -0.0535. The summed E-state index contributed by atoms with van der Waals surface area (Å²) in [5, 5.41) is 0. The first-order valence-corrected chi connectivity index (χ1v) is 8.82. The third-order valence-electron chi connectivity index (χ3n) is 4.19. The third kappa shape index (κ3) is 4.84. The second-order valence-corrected chi connectivity index (χ2v) is 7.17. The molecule has 1 fully saturated rings. The Labute approximate surface area is 152 Å². The number of carbonyl (C=O) groups excluding carboxylic acids is 1. The summed E-state index contributed by atoms with van der Waals surface area (Å²) in [5.41, 5.74) is 0.928. The molecule has 0 atom stereocenters. The highest BCUT2D eigenvalue weighted by Gasteiger charge is 2.33. The van der Waals surface area contributed by atoms with Gasteiger partial charge in [0, 0.05) is 17.1 Å². The number of hydrogen-bond donors (Lipinski definition) is 0. The number of benzene rings is 2. The molecule has 0 spiro atoms. The molecule has 2 aromatic rings.